The SMILES string of the molecule is Cc1ccc2c(c1)C(=O)NC1(CCN(C(=O)CCc3ccccc3)CC1)N2. The highest BCUT2D eigenvalue weighted by molar-refractivity contribution is 6.02. The van der Waals surface area contributed by atoms with Crippen molar-refractivity contribution in [1.82, 2.24) is 10.2 Å². The molecule has 0 aliphatic carbocycles. The molecule has 27 heavy (non-hydrogen) atoms. The summed E-state index contributed by atoms with van der Waals surface area (Å²) in [7, 11) is 0. The summed E-state index contributed by atoms with van der Waals surface area (Å²) in [4.78, 5) is 27.0. The summed E-state index contributed by atoms with van der Waals surface area (Å²) in [5.74, 6) is 0.156. The lowest BCUT2D eigenvalue weighted by Gasteiger charge is -2.46. The van der Waals surface area contributed by atoms with Crippen molar-refractivity contribution in [3.8, 4) is 0 Å². The van der Waals surface area contributed by atoms with Gasteiger partial charge in [-0.3, -0.25) is 9.59 Å². The van der Waals surface area contributed by atoms with E-state index in [1.54, 1.807) is 0 Å². The summed E-state index contributed by atoms with van der Waals surface area (Å²) in [5.41, 5.74) is 3.39. The quantitative estimate of drug-likeness (QED) is 0.881. The van der Waals surface area contributed by atoms with Gasteiger partial charge in [-0.2, -0.15) is 0 Å². The average molecular weight is 363 g/mol. The first-order chi connectivity index (χ1) is 13.0. The number of nitrogens with zero attached hydrogens (tertiary/aromatic N) is 1. The van der Waals surface area contributed by atoms with Crippen LogP contribution in [0.25, 0.3) is 0 Å². The Morgan fingerprint density at radius 1 is 1.07 bits per heavy atom. The second-order valence-corrected chi connectivity index (χ2v) is 7.58. The summed E-state index contributed by atoms with van der Waals surface area (Å²) < 4.78 is 0. The predicted molar refractivity (Wildman–Crippen MR) is 106 cm³/mol. The molecule has 140 valence electrons. The van der Waals surface area contributed by atoms with E-state index in [9.17, 15) is 9.59 Å². The molecule has 5 heteroatoms. The van der Waals surface area contributed by atoms with Crippen molar-refractivity contribution in [2.45, 2.75) is 38.3 Å². The van der Waals surface area contributed by atoms with Crippen LogP contribution < -0.4 is 10.6 Å². The fourth-order valence-corrected chi connectivity index (χ4v) is 3.97. The third kappa shape index (κ3) is 3.68. The van der Waals surface area contributed by atoms with Crippen LogP contribution in [0.2, 0.25) is 0 Å². The topological polar surface area (TPSA) is 61.4 Å². The fourth-order valence-electron chi connectivity index (χ4n) is 3.97. The summed E-state index contributed by atoms with van der Waals surface area (Å²) in [6.07, 6.45) is 2.72. The van der Waals surface area contributed by atoms with Gasteiger partial charge < -0.3 is 15.5 Å². The van der Waals surface area contributed by atoms with Crippen molar-refractivity contribution < 1.29 is 9.59 Å². The van der Waals surface area contributed by atoms with Gasteiger partial charge in [0, 0.05) is 38.0 Å². The van der Waals surface area contributed by atoms with Crippen LogP contribution in [0.4, 0.5) is 5.69 Å². The second-order valence-electron chi connectivity index (χ2n) is 7.58. The molecule has 1 fully saturated rings. The monoisotopic (exact) mass is 363 g/mol. The number of benzene rings is 2. The number of nitrogens with one attached hydrogen (secondary N) is 2. The first kappa shape index (κ1) is 17.6. The number of hydrogen-bond acceptors (Lipinski definition) is 3. The van der Waals surface area contributed by atoms with Crippen molar-refractivity contribution >= 4 is 17.5 Å². The number of likely N-dealkylation sites (tertiary alicyclic amines) is 1. The molecule has 2 aromatic rings. The molecule has 0 unspecified atom stereocenters. The van der Waals surface area contributed by atoms with E-state index in [1.807, 2.05) is 48.2 Å². The predicted octanol–water partition coefficient (Wildman–Crippen LogP) is 3.10. The number of aryl methyl sites for hydroxylation is 2. The first-order valence-corrected chi connectivity index (χ1v) is 9.58. The normalized spacial score (nSPS) is 17.8. The third-order valence-electron chi connectivity index (χ3n) is 5.59. The van der Waals surface area contributed by atoms with E-state index in [-0.39, 0.29) is 11.8 Å². The standard InChI is InChI=1S/C22H25N3O2/c1-16-7-9-19-18(15-16)21(27)24-22(23-19)11-13-25(14-12-22)20(26)10-8-17-5-3-2-4-6-17/h2-7,9,15,23H,8,10-14H2,1H3,(H,24,27). The lowest BCUT2D eigenvalue weighted by molar-refractivity contribution is -0.132. The van der Waals surface area contributed by atoms with Gasteiger partial charge in [0.2, 0.25) is 5.91 Å². The van der Waals surface area contributed by atoms with Crippen molar-refractivity contribution in [3.63, 3.8) is 0 Å². The molecule has 0 aromatic heterocycles. The maximum absolute atomic E-state index is 12.6. The molecule has 2 aromatic carbocycles. The van der Waals surface area contributed by atoms with E-state index in [4.69, 9.17) is 0 Å². The molecule has 2 N–H and O–H groups in total. The molecule has 2 aliphatic rings. The summed E-state index contributed by atoms with van der Waals surface area (Å²) >= 11 is 0. The molecular formula is C22H25N3O2. The number of piperidine rings is 1. The third-order valence-corrected chi connectivity index (χ3v) is 5.59. The van der Waals surface area contributed by atoms with Gasteiger partial charge in [-0.05, 0) is 31.0 Å². The highest BCUT2D eigenvalue weighted by atomic mass is 16.2. The van der Waals surface area contributed by atoms with Gasteiger partial charge in [0.25, 0.3) is 5.91 Å². The van der Waals surface area contributed by atoms with Gasteiger partial charge in [-0.15, -0.1) is 0 Å². The molecule has 5 nitrogen and oxygen atoms in total. The van der Waals surface area contributed by atoms with Gasteiger partial charge in [0.15, 0.2) is 0 Å². The van der Waals surface area contributed by atoms with E-state index in [1.165, 1.54) is 5.56 Å². The van der Waals surface area contributed by atoms with Crippen molar-refractivity contribution in [1.29, 1.82) is 0 Å². The van der Waals surface area contributed by atoms with Crippen LogP contribution in [0.5, 0.6) is 0 Å². The molecule has 0 radical (unpaired) electrons. The van der Waals surface area contributed by atoms with Gasteiger partial charge in [0.05, 0.1) is 5.56 Å². The highest BCUT2D eigenvalue weighted by Gasteiger charge is 2.40. The number of anilines is 1. The van der Waals surface area contributed by atoms with Crippen LogP contribution in [0.15, 0.2) is 48.5 Å². The van der Waals surface area contributed by atoms with Crippen molar-refractivity contribution in [2.24, 2.45) is 0 Å². The Balaban J connectivity index is 1.36. The smallest absolute Gasteiger partial charge is 0.255 e. The number of fused-ring (bicyclic) bond motifs is 1. The van der Waals surface area contributed by atoms with Crippen LogP contribution in [-0.2, 0) is 11.2 Å². The zero-order valence-corrected chi connectivity index (χ0v) is 15.6. The molecule has 0 atom stereocenters. The van der Waals surface area contributed by atoms with Crippen LogP contribution in [0.3, 0.4) is 0 Å². The molecule has 0 bridgehead atoms. The molecular weight excluding hydrogens is 338 g/mol. The molecule has 0 saturated carbocycles. The maximum atomic E-state index is 12.6. The van der Waals surface area contributed by atoms with Crippen LogP contribution in [-0.4, -0.2) is 35.5 Å². The Morgan fingerprint density at radius 2 is 1.81 bits per heavy atom. The lowest BCUT2D eigenvalue weighted by Crippen LogP contribution is -2.62. The highest BCUT2D eigenvalue weighted by Crippen LogP contribution is 2.32. The lowest BCUT2D eigenvalue weighted by atomic mass is 9.91. The van der Waals surface area contributed by atoms with Crippen LogP contribution in [0.1, 0.15) is 40.7 Å². The molecule has 2 aliphatic heterocycles. The molecule has 4 rings (SSSR count). The molecule has 1 saturated heterocycles. The second kappa shape index (κ2) is 7.06. The van der Waals surface area contributed by atoms with E-state index in [2.05, 4.69) is 22.8 Å². The van der Waals surface area contributed by atoms with Crippen molar-refractivity contribution in [2.75, 3.05) is 18.4 Å². The zero-order chi connectivity index (χ0) is 18.9. The van der Waals surface area contributed by atoms with E-state index in [0.29, 0.717) is 37.9 Å². The minimum atomic E-state index is -0.449. The van der Waals surface area contributed by atoms with Gasteiger partial charge in [0.1, 0.15) is 5.66 Å². The summed E-state index contributed by atoms with van der Waals surface area (Å²) in [6.45, 7) is 3.29. The number of amides is 2. The van der Waals surface area contributed by atoms with Gasteiger partial charge in [-0.1, -0.05) is 42.0 Å². The summed E-state index contributed by atoms with van der Waals surface area (Å²) in [6, 6.07) is 16.0. The molecule has 2 heterocycles. The van der Waals surface area contributed by atoms with E-state index >= 15 is 0 Å². The summed E-state index contributed by atoms with van der Waals surface area (Å²) in [5, 5.41) is 6.66. The van der Waals surface area contributed by atoms with E-state index < -0.39 is 5.66 Å². The Hall–Kier alpha value is -2.82. The maximum Gasteiger partial charge on any atom is 0.255 e. The Labute approximate surface area is 159 Å². The number of carbonyl (C=O) groups excluding carboxylic acids is 2. The number of rotatable bonds is 3. The Morgan fingerprint density at radius 3 is 2.56 bits per heavy atom. The first-order valence-electron chi connectivity index (χ1n) is 9.58. The minimum Gasteiger partial charge on any atom is -0.362 e. The Kier molecular flexibility index (Phi) is 4.60. The fraction of sp³-hybridized carbons (Fsp3) is 0.364. The number of carbonyl (C=O) groups is 2. The minimum absolute atomic E-state index is 0.0312. The number of hydrogen-bond donors (Lipinski definition) is 2. The molecule has 1 spiro atoms. The van der Waals surface area contributed by atoms with Gasteiger partial charge >= 0.3 is 0 Å². The molecule has 2 amide bonds. The zero-order valence-electron chi connectivity index (χ0n) is 15.6. The van der Waals surface area contributed by atoms with Crippen molar-refractivity contribution in [3.05, 3.63) is 65.2 Å². The van der Waals surface area contributed by atoms with Gasteiger partial charge in [-0.25, -0.2) is 0 Å². The van der Waals surface area contributed by atoms with Crippen LogP contribution in [0, 0.1) is 6.92 Å². The van der Waals surface area contributed by atoms with Crippen LogP contribution >= 0.6 is 0 Å². The Bertz CT molecular complexity index is 855. The van der Waals surface area contributed by atoms with E-state index in [0.717, 1.165) is 17.7 Å². The average Bonchev–Trinajstić information content (AvgIpc) is 2.68. The largest absolute Gasteiger partial charge is 0.362 e.